The number of nitrogens with zero attached hydrogens (tertiary/aromatic N) is 1. The van der Waals surface area contributed by atoms with E-state index in [4.69, 9.17) is 15.0 Å². The molecule has 0 aliphatic heterocycles. The van der Waals surface area contributed by atoms with Gasteiger partial charge in [-0.25, -0.2) is 8.78 Å². The molecule has 2 heterocycles. The predicted octanol–water partition coefficient (Wildman–Crippen LogP) is 3.94. The Bertz CT molecular complexity index is 778. The molecular weight excluding hydrogens is 298 g/mol. The van der Waals surface area contributed by atoms with Crippen molar-refractivity contribution in [3.8, 4) is 27.4 Å². The van der Waals surface area contributed by atoms with Crippen molar-refractivity contribution in [3.63, 3.8) is 0 Å². The van der Waals surface area contributed by atoms with Gasteiger partial charge in [-0.05, 0) is 29.1 Å². The first-order valence-corrected chi connectivity index (χ1v) is 6.81. The van der Waals surface area contributed by atoms with Crippen molar-refractivity contribution >= 4 is 17.2 Å². The van der Waals surface area contributed by atoms with E-state index in [1.807, 2.05) is 5.38 Å². The molecule has 0 saturated heterocycles. The first-order valence-electron chi connectivity index (χ1n) is 5.93. The molecular formula is C14H10F2N2O2S. The topological polar surface area (TPSA) is 61.3 Å². The van der Waals surface area contributed by atoms with Crippen molar-refractivity contribution in [3.05, 3.63) is 41.3 Å². The third kappa shape index (κ3) is 2.36. The molecule has 0 aliphatic rings. The Kier molecular flexibility index (Phi) is 3.34. The summed E-state index contributed by atoms with van der Waals surface area (Å²) < 4.78 is 37.0. The maximum Gasteiger partial charge on any atom is 0.230 e. The summed E-state index contributed by atoms with van der Waals surface area (Å²) in [7, 11) is 1.52. The predicted molar refractivity (Wildman–Crippen MR) is 76.1 cm³/mol. The number of nitrogen functional groups attached to an aromatic ring is 1. The second-order valence-electron chi connectivity index (χ2n) is 4.25. The molecule has 0 saturated carbocycles. The molecule has 1 aromatic carbocycles. The molecule has 7 heteroatoms. The van der Waals surface area contributed by atoms with Gasteiger partial charge in [-0.3, -0.25) is 0 Å². The number of aromatic nitrogens is 1. The Labute approximate surface area is 122 Å². The van der Waals surface area contributed by atoms with Crippen LogP contribution in [0.1, 0.15) is 0 Å². The molecule has 0 spiro atoms. The van der Waals surface area contributed by atoms with Crippen LogP contribution in [-0.4, -0.2) is 12.3 Å². The van der Waals surface area contributed by atoms with E-state index in [1.165, 1.54) is 30.6 Å². The van der Waals surface area contributed by atoms with Gasteiger partial charge in [0, 0.05) is 6.07 Å². The number of halogens is 2. The van der Waals surface area contributed by atoms with E-state index < -0.39 is 11.6 Å². The summed E-state index contributed by atoms with van der Waals surface area (Å²) >= 11 is 1.37. The Hall–Kier alpha value is -2.41. The maximum atomic E-state index is 13.4. The van der Waals surface area contributed by atoms with E-state index in [0.717, 1.165) is 6.07 Å². The fraction of sp³-hybridized carbons (Fsp3) is 0.0714. The molecule has 0 radical (unpaired) electrons. The summed E-state index contributed by atoms with van der Waals surface area (Å²) in [5, 5.41) is 5.70. The van der Waals surface area contributed by atoms with Crippen molar-refractivity contribution in [2.75, 3.05) is 12.8 Å². The van der Waals surface area contributed by atoms with Crippen LogP contribution in [0.5, 0.6) is 5.75 Å². The van der Waals surface area contributed by atoms with Crippen LogP contribution in [0, 0.1) is 11.6 Å². The van der Waals surface area contributed by atoms with Gasteiger partial charge in [-0.2, -0.15) is 0 Å². The highest BCUT2D eigenvalue weighted by Crippen LogP contribution is 2.43. The third-order valence-electron chi connectivity index (χ3n) is 2.93. The van der Waals surface area contributed by atoms with Crippen molar-refractivity contribution in [1.29, 1.82) is 0 Å². The summed E-state index contributed by atoms with van der Waals surface area (Å²) in [5.74, 6) is -0.818. The highest BCUT2D eigenvalue weighted by atomic mass is 32.1. The average Bonchev–Trinajstić information content (AvgIpc) is 3.02. The van der Waals surface area contributed by atoms with Crippen LogP contribution in [0.25, 0.3) is 21.7 Å². The van der Waals surface area contributed by atoms with Crippen molar-refractivity contribution < 1.29 is 18.0 Å². The zero-order valence-electron chi connectivity index (χ0n) is 10.9. The Morgan fingerprint density at radius 1 is 1.24 bits per heavy atom. The first-order chi connectivity index (χ1) is 10.1. The monoisotopic (exact) mass is 308 g/mol. The SMILES string of the molecule is COc1ccsc1-c1noc(N)c1-c1cc(F)cc(F)c1. The molecule has 4 nitrogen and oxygen atoms in total. The number of methoxy groups -OCH3 is 1. The smallest absolute Gasteiger partial charge is 0.230 e. The number of thiophene rings is 1. The highest BCUT2D eigenvalue weighted by molar-refractivity contribution is 7.14. The number of nitrogens with two attached hydrogens (primary N) is 1. The molecule has 0 bridgehead atoms. The molecule has 21 heavy (non-hydrogen) atoms. The van der Waals surface area contributed by atoms with Crippen molar-refractivity contribution in [1.82, 2.24) is 5.16 Å². The minimum Gasteiger partial charge on any atom is -0.495 e. The van der Waals surface area contributed by atoms with Gasteiger partial charge < -0.3 is 15.0 Å². The third-order valence-corrected chi connectivity index (χ3v) is 3.84. The van der Waals surface area contributed by atoms with Crippen LogP contribution in [0.3, 0.4) is 0 Å². The van der Waals surface area contributed by atoms with Crippen LogP contribution >= 0.6 is 11.3 Å². The largest absolute Gasteiger partial charge is 0.495 e. The van der Waals surface area contributed by atoms with E-state index in [0.29, 0.717) is 21.9 Å². The first kappa shape index (κ1) is 13.6. The lowest BCUT2D eigenvalue weighted by atomic mass is 10.0. The van der Waals surface area contributed by atoms with Gasteiger partial charge in [0.05, 0.1) is 17.6 Å². The fourth-order valence-corrected chi connectivity index (χ4v) is 2.91. The lowest BCUT2D eigenvalue weighted by Gasteiger charge is -2.04. The fourth-order valence-electron chi connectivity index (χ4n) is 2.07. The Balaban J connectivity index is 2.22. The van der Waals surface area contributed by atoms with E-state index >= 15 is 0 Å². The van der Waals surface area contributed by atoms with Gasteiger partial charge in [0.1, 0.15) is 23.1 Å². The summed E-state index contributed by atoms with van der Waals surface area (Å²) in [6.07, 6.45) is 0. The summed E-state index contributed by atoms with van der Waals surface area (Å²) in [5.41, 5.74) is 6.76. The molecule has 3 aromatic rings. The number of hydrogen-bond acceptors (Lipinski definition) is 5. The Morgan fingerprint density at radius 3 is 2.62 bits per heavy atom. The molecule has 0 unspecified atom stereocenters. The standard InChI is InChI=1S/C14H10F2N2O2S/c1-19-10-2-3-21-13(10)12-11(14(17)20-18-12)7-4-8(15)6-9(16)5-7/h2-6H,17H2,1H3. The number of hydrogen-bond donors (Lipinski definition) is 1. The summed E-state index contributed by atoms with van der Waals surface area (Å²) in [4.78, 5) is 0.678. The molecule has 0 atom stereocenters. The van der Waals surface area contributed by atoms with E-state index in [-0.39, 0.29) is 11.4 Å². The van der Waals surface area contributed by atoms with Crippen molar-refractivity contribution in [2.24, 2.45) is 0 Å². The van der Waals surface area contributed by atoms with Gasteiger partial charge >= 0.3 is 0 Å². The van der Waals surface area contributed by atoms with Crippen LogP contribution in [-0.2, 0) is 0 Å². The quantitative estimate of drug-likeness (QED) is 0.796. The maximum absolute atomic E-state index is 13.4. The van der Waals surface area contributed by atoms with E-state index in [9.17, 15) is 8.78 Å². The van der Waals surface area contributed by atoms with Crippen LogP contribution < -0.4 is 10.5 Å². The van der Waals surface area contributed by atoms with Gasteiger partial charge in [0.2, 0.25) is 5.88 Å². The Morgan fingerprint density at radius 2 is 1.95 bits per heavy atom. The minimum absolute atomic E-state index is 0.00884. The second kappa shape index (κ2) is 5.17. The van der Waals surface area contributed by atoms with Crippen molar-refractivity contribution in [2.45, 2.75) is 0 Å². The van der Waals surface area contributed by atoms with E-state index in [2.05, 4.69) is 5.16 Å². The summed E-state index contributed by atoms with van der Waals surface area (Å²) in [6, 6.07) is 4.91. The number of rotatable bonds is 3. The van der Waals surface area contributed by atoms with Gasteiger partial charge in [0.15, 0.2) is 0 Å². The normalized spacial score (nSPS) is 10.8. The average molecular weight is 308 g/mol. The number of anilines is 1. The minimum atomic E-state index is -0.699. The van der Waals surface area contributed by atoms with Gasteiger partial charge in [-0.1, -0.05) is 5.16 Å². The molecule has 3 rings (SSSR count). The lowest BCUT2D eigenvalue weighted by Crippen LogP contribution is -1.90. The van der Waals surface area contributed by atoms with Crippen LogP contribution in [0.15, 0.2) is 34.2 Å². The molecule has 2 aromatic heterocycles. The molecule has 0 fully saturated rings. The van der Waals surface area contributed by atoms with E-state index in [1.54, 1.807) is 6.07 Å². The van der Waals surface area contributed by atoms with Crippen LogP contribution in [0.2, 0.25) is 0 Å². The molecule has 108 valence electrons. The second-order valence-corrected chi connectivity index (χ2v) is 5.16. The zero-order valence-corrected chi connectivity index (χ0v) is 11.7. The lowest BCUT2D eigenvalue weighted by molar-refractivity contribution is 0.416. The molecule has 0 aliphatic carbocycles. The number of benzene rings is 1. The van der Waals surface area contributed by atoms with Gasteiger partial charge in [0.25, 0.3) is 0 Å². The molecule has 2 N–H and O–H groups in total. The highest BCUT2D eigenvalue weighted by Gasteiger charge is 2.22. The molecule has 0 amide bonds. The zero-order chi connectivity index (χ0) is 15.0. The van der Waals surface area contributed by atoms with Gasteiger partial charge in [-0.15, -0.1) is 11.3 Å². The summed E-state index contributed by atoms with van der Waals surface area (Å²) in [6.45, 7) is 0. The van der Waals surface area contributed by atoms with Crippen LogP contribution in [0.4, 0.5) is 14.7 Å². The number of ether oxygens (including phenoxy) is 1.